The molecule has 0 saturated heterocycles. The summed E-state index contributed by atoms with van der Waals surface area (Å²) in [5, 5.41) is 2.88. The second-order valence-electron chi connectivity index (χ2n) is 6.01. The van der Waals surface area contributed by atoms with Crippen molar-refractivity contribution in [1.29, 1.82) is 0 Å². The average Bonchev–Trinajstić information content (AvgIpc) is 2.52. The summed E-state index contributed by atoms with van der Waals surface area (Å²) >= 11 is 0. The van der Waals surface area contributed by atoms with Gasteiger partial charge in [-0.05, 0) is 42.5 Å². The van der Waals surface area contributed by atoms with Crippen LogP contribution in [-0.4, -0.2) is 18.0 Å². The maximum atomic E-state index is 12.4. The lowest BCUT2D eigenvalue weighted by Crippen LogP contribution is -2.19. The topological polar surface area (TPSA) is 51.2 Å². The summed E-state index contributed by atoms with van der Waals surface area (Å²) in [5.74, 6) is 1.80. The highest BCUT2D eigenvalue weighted by atomic mass is 16.5. The fourth-order valence-corrected chi connectivity index (χ4v) is 2.68. The van der Waals surface area contributed by atoms with Crippen molar-refractivity contribution in [1.82, 2.24) is 4.98 Å². The summed E-state index contributed by atoms with van der Waals surface area (Å²) in [5.41, 5.74) is 1.95. The predicted molar refractivity (Wildman–Crippen MR) is 92.8 cm³/mol. The maximum Gasteiger partial charge on any atom is 0.226 e. The first-order chi connectivity index (χ1) is 11.0. The first kappa shape index (κ1) is 17.0. The zero-order chi connectivity index (χ0) is 16.8. The smallest absolute Gasteiger partial charge is 0.226 e. The molecule has 1 heterocycles. The number of pyridine rings is 1. The van der Waals surface area contributed by atoms with Gasteiger partial charge in [-0.25, -0.2) is 4.98 Å². The first-order valence-corrected chi connectivity index (χ1v) is 7.87. The van der Waals surface area contributed by atoms with Crippen molar-refractivity contribution < 1.29 is 9.53 Å². The molecule has 1 atom stereocenters. The molecule has 0 bridgehead atoms. The Morgan fingerprint density at radius 3 is 2.57 bits per heavy atom. The van der Waals surface area contributed by atoms with Gasteiger partial charge in [0.15, 0.2) is 0 Å². The average molecular weight is 312 g/mol. The van der Waals surface area contributed by atoms with E-state index in [1.54, 1.807) is 13.2 Å². The SMILES string of the molecule is COc1ccccc1[C@H](CC(=O)Nc1cccc(C)n1)C(C)C. The number of benzene rings is 1. The Morgan fingerprint density at radius 1 is 1.17 bits per heavy atom. The maximum absolute atomic E-state index is 12.4. The minimum atomic E-state index is -0.0345. The quantitative estimate of drug-likeness (QED) is 0.871. The monoisotopic (exact) mass is 312 g/mol. The van der Waals surface area contributed by atoms with Crippen molar-refractivity contribution in [2.75, 3.05) is 12.4 Å². The van der Waals surface area contributed by atoms with E-state index in [1.807, 2.05) is 43.3 Å². The van der Waals surface area contributed by atoms with Crippen molar-refractivity contribution in [3.63, 3.8) is 0 Å². The van der Waals surface area contributed by atoms with E-state index in [0.29, 0.717) is 18.2 Å². The molecule has 0 aliphatic heterocycles. The van der Waals surface area contributed by atoms with Crippen molar-refractivity contribution >= 4 is 11.7 Å². The van der Waals surface area contributed by atoms with Gasteiger partial charge in [0, 0.05) is 12.1 Å². The van der Waals surface area contributed by atoms with Crippen LogP contribution < -0.4 is 10.1 Å². The summed E-state index contributed by atoms with van der Waals surface area (Å²) in [6.07, 6.45) is 0.396. The zero-order valence-corrected chi connectivity index (χ0v) is 14.2. The minimum absolute atomic E-state index is 0.0345. The Bertz CT molecular complexity index is 668. The second kappa shape index (κ2) is 7.77. The van der Waals surface area contributed by atoms with E-state index in [4.69, 9.17) is 4.74 Å². The third-order valence-electron chi connectivity index (χ3n) is 3.90. The number of amides is 1. The second-order valence-corrected chi connectivity index (χ2v) is 6.01. The molecule has 4 nitrogen and oxygen atoms in total. The number of para-hydroxylation sites is 1. The molecule has 0 saturated carbocycles. The van der Waals surface area contributed by atoms with Gasteiger partial charge in [-0.15, -0.1) is 0 Å². The number of carbonyl (C=O) groups is 1. The number of nitrogens with zero attached hydrogens (tertiary/aromatic N) is 1. The summed E-state index contributed by atoms with van der Waals surface area (Å²) < 4.78 is 5.45. The molecule has 2 aromatic rings. The number of ether oxygens (including phenoxy) is 1. The van der Waals surface area contributed by atoms with E-state index in [0.717, 1.165) is 17.0 Å². The number of nitrogens with one attached hydrogen (secondary N) is 1. The minimum Gasteiger partial charge on any atom is -0.496 e. The largest absolute Gasteiger partial charge is 0.496 e. The van der Waals surface area contributed by atoms with Crippen LogP contribution in [0.3, 0.4) is 0 Å². The van der Waals surface area contributed by atoms with Crippen LogP contribution >= 0.6 is 0 Å². The van der Waals surface area contributed by atoms with Gasteiger partial charge in [0.1, 0.15) is 11.6 Å². The Balaban J connectivity index is 2.15. The van der Waals surface area contributed by atoms with Crippen molar-refractivity contribution in [2.45, 2.75) is 33.1 Å². The Morgan fingerprint density at radius 2 is 1.91 bits per heavy atom. The van der Waals surface area contributed by atoms with Crippen LogP contribution in [-0.2, 0) is 4.79 Å². The van der Waals surface area contributed by atoms with Gasteiger partial charge in [0.2, 0.25) is 5.91 Å². The van der Waals surface area contributed by atoms with Crippen LogP contribution in [0.5, 0.6) is 5.75 Å². The lowest BCUT2D eigenvalue weighted by molar-refractivity contribution is -0.116. The number of aryl methyl sites for hydroxylation is 1. The molecule has 1 aromatic heterocycles. The molecule has 1 aromatic carbocycles. The summed E-state index contributed by atoms with van der Waals surface area (Å²) in [6, 6.07) is 13.5. The molecule has 0 aliphatic rings. The van der Waals surface area contributed by atoms with Crippen molar-refractivity contribution in [3.05, 3.63) is 53.7 Å². The van der Waals surface area contributed by atoms with E-state index in [9.17, 15) is 4.79 Å². The molecule has 0 spiro atoms. The third kappa shape index (κ3) is 4.55. The van der Waals surface area contributed by atoms with Crippen LogP contribution in [0.15, 0.2) is 42.5 Å². The van der Waals surface area contributed by atoms with Crippen molar-refractivity contribution in [3.8, 4) is 5.75 Å². The molecule has 0 aliphatic carbocycles. The van der Waals surface area contributed by atoms with Gasteiger partial charge >= 0.3 is 0 Å². The molecular formula is C19H24N2O2. The molecule has 122 valence electrons. The van der Waals surface area contributed by atoms with E-state index in [-0.39, 0.29) is 11.8 Å². The van der Waals surface area contributed by atoms with E-state index >= 15 is 0 Å². The van der Waals surface area contributed by atoms with Crippen molar-refractivity contribution in [2.24, 2.45) is 5.92 Å². The van der Waals surface area contributed by atoms with Gasteiger partial charge in [-0.1, -0.05) is 38.1 Å². The molecule has 2 rings (SSSR count). The standard InChI is InChI=1S/C19H24N2O2/c1-13(2)16(15-9-5-6-10-17(15)23-4)12-19(22)21-18-11-7-8-14(3)20-18/h5-11,13,16H,12H2,1-4H3,(H,20,21,22)/t16-/m1/s1. The summed E-state index contributed by atoms with van der Waals surface area (Å²) in [4.78, 5) is 16.7. The fraction of sp³-hybridized carbons (Fsp3) is 0.368. The van der Waals surface area contributed by atoms with E-state index in [2.05, 4.69) is 24.1 Å². The number of anilines is 1. The highest BCUT2D eigenvalue weighted by Gasteiger charge is 2.22. The summed E-state index contributed by atoms with van der Waals surface area (Å²) in [7, 11) is 1.66. The molecule has 0 fully saturated rings. The van der Waals surface area contributed by atoms with Crippen LogP contribution in [0, 0.1) is 12.8 Å². The van der Waals surface area contributed by atoms with Gasteiger partial charge in [-0.2, -0.15) is 0 Å². The van der Waals surface area contributed by atoms with Crippen LogP contribution in [0.1, 0.15) is 37.4 Å². The highest BCUT2D eigenvalue weighted by Crippen LogP contribution is 2.34. The highest BCUT2D eigenvalue weighted by molar-refractivity contribution is 5.90. The van der Waals surface area contributed by atoms with Crippen LogP contribution in [0.2, 0.25) is 0 Å². The number of methoxy groups -OCH3 is 1. The van der Waals surface area contributed by atoms with Gasteiger partial charge < -0.3 is 10.1 Å². The zero-order valence-electron chi connectivity index (χ0n) is 14.2. The molecule has 1 N–H and O–H groups in total. The normalized spacial score (nSPS) is 12.0. The van der Waals surface area contributed by atoms with Gasteiger partial charge in [0.05, 0.1) is 7.11 Å². The molecule has 1 amide bonds. The Hall–Kier alpha value is -2.36. The molecule has 23 heavy (non-hydrogen) atoms. The van der Waals surface area contributed by atoms with Crippen LogP contribution in [0.4, 0.5) is 5.82 Å². The molecule has 0 radical (unpaired) electrons. The van der Waals surface area contributed by atoms with Gasteiger partial charge in [0.25, 0.3) is 0 Å². The van der Waals surface area contributed by atoms with Gasteiger partial charge in [-0.3, -0.25) is 4.79 Å². The first-order valence-electron chi connectivity index (χ1n) is 7.87. The number of hydrogen-bond acceptors (Lipinski definition) is 3. The van der Waals surface area contributed by atoms with Crippen LogP contribution in [0.25, 0.3) is 0 Å². The van der Waals surface area contributed by atoms with E-state index < -0.39 is 0 Å². The molecule has 0 unspecified atom stereocenters. The number of aromatic nitrogens is 1. The Kier molecular flexibility index (Phi) is 5.74. The Labute approximate surface area is 137 Å². The number of hydrogen-bond donors (Lipinski definition) is 1. The lowest BCUT2D eigenvalue weighted by atomic mass is 9.85. The predicted octanol–water partition coefficient (Wildman–Crippen LogP) is 4.17. The van der Waals surface area contributed by atoms with E-state index in [1.165, 1.54) is 0 Å². The third-order valence-corrected chi connectivity index (χ3v) is 3.90. The molecular weight excluding hydrogens is 288 g/mol. The number of carbonyl (C=O) groups excluding carboxylic acids is 1. The number of rotatable bonds is 6. The lowest BCUT2D eigenvalue weighted by Gasteiger charge is -2.23. The molecule has 4 heteroatoms. The fourth-order valence-electron chi connectivity index (χ4n) is 2.68. The summed E-state index contributed by atoms with van der Waals surface area (Å²) in [6.45, 7) is 6.14.